The molecular weight excluding hydrogens is 278 g/mol. The van der Waals surface area contributed by atoms with Crippen molar-refractivity contribution in [1.82, 2.24) is 14.5 Å². The van der Waals surface area contributed by atoms with Crippen molar-refractivity contribution in [3.05, 3.63) is 78.6 Å². The second-order valence-corrected chi connectivity index (χ2v) is 4.82. The SMILES string of the molecule is CC(OC(=O)c1ccc(-n2ccnc2)cc1)c1ccccn1. The van der Waals surface area contributed by atoms with Gasteiger partial charge in [0, 0.05) is 24.3 Å². The number of aromatic nitrogens is 3. The lowest BCUT2D eigenvalue weighted by atomic mass is 10.2. The molecule has 0 aliphatic rings. The van der Waals surface area contributed by atoms with E-state index in [0.29, 0.717) is 5.56 Å². The molecule has 3 rings (SSSR count). The standard InChI is InChI=1S/C17H15N3O2/c1-13(16-4-2-3-9-19-16)22-17(21)14-5-7-15(8-6-14)20-11-10-18-12-20/h2-13H,1H3. The molecule has 0 saturated heterocycles. The van der Waals surface area contributed by atoms with E-state index < -0.39 is 0 Å². The molecule has 1 unspecified atom stereocenters. The number of benzene rings is 1. The molecule has 5 heteroatoms. The first kappa shape index (κ1) is 14.0. The first-order chi connectivity index (χ1) is 10.7. The predicted molar refractivity (Wildman–Crippen MR) is 81.6 cm³/mol. The number of hydrogen-bond acceptors (Lipinski definition) is 4. The minimum atomic E-state index is -0.387. The van der Waals surface area contributed by atoms with Crippen molar-refractivity contribution < 1.29 is 9.53 Å². The summed E-state index contributed by atoms with van der Waals surface area (Å²) in [5.41, 5.74) is 2.17. The molecule has 22 heavy (non-hydrogen) atoms. The molecule has 0 N–H and O–H groups in total. The van der Waals surface area contributed by atoms with Crippen LogP contribution in [-0.4, -0.2) is 20.5 Å². The van der Waals surface area contributed by atoms with Gasteiger partial charge in [-0.15, -0.1) is 0 Å². The zero-order chi connectivity index (χ0) is 15.4. The van der Waals surface area contributed by atoms with Gasteiger partial charge < -0.3 is 9.30 Å². The van der Waals surface area contributed by atoms with Crippen LogP contribution >= 0.6 is 0 Å². The Hall–Kier alpha value is -2.95. The molecule has 0 aliphatic carbocycles. The average molecular weight is 293 g/mol. The van der Waals surface area contributed by atoms with E-state index in [1.165, 1.54) is 0 Å². The highest BCUT2D eigenvalue weighted by molar-refractivity contribution is 5.89. The minimum absolute atomic E-state index is 0.365. The number of esters is 1. The highest BCUT2D eigenvalue weighted by Crippen LogP contribution is 2.17. The van der Waals surface area contributed by atoms with Crippen LogP contribution in [0.25, 0.3) is 5.69 Å². The number of rotatable bonds is 4. The van der Waals surface area contributed by atoms with Gasteiger partial charge in [-0.2, -0.15) is 0 Å². The second-order valence-electron chi connectivity index (χ2n) is 4.82. The van der Waals surface area contributed by atoms with Gasteiger partial charge in [0.15, 0.2) is 0 Å². The fourth-order valence-corrected chi connectivity index (χ4v) is 2.09. The first-order valence-corrected chi connectivity index (χ1v) is 6.94. The second kappa shape index (κ2) is 6.22. The lowest BCUT2D eigenvalue weighted by molar-refractivity contribution is 0.0329. The van der Waals surface area contributed by atoms with Crippen LogP contribution in [0.15, 0.2) is 67.4 Å². The number of ether oxygens (including phenoxy) is 1. The Morgan fingerprint density at radius 2 is 1.95 bits per heavy atom. The van der Waals surface area contributed by atoms with Crippen molar-refractivity contribution >= 4 is 5.97 Å². The van der Waals surface area contributed by atoms with Crippen molar-refractivity contribution in [2.75, 3.05) is 0 Å². The Morgan fingerprint density at radius 1 is 1.14 bits per heavy atom. The minimum Gasteiger partial charge on any atom is -0.453 e. The number of hydrogen-bond donors (Lipinski definition) is 0. The van der Waals surface area contributed by atoms with Gasteiger partial charge in [0.05, 0.1) is 17.6 Å². The molecule has 0 aliphatic heterocycles. The Balaban J connectivity index is 1.70. The highest BCUT2D eigenvalue weighted by Gasteiger charge is 2.14. The van der Waals surface area contributed by atoms with E-state index in [1.54, 1.807) is 37.8 Å². The largest absolute Gasteiger partial charge is 0.453 e. The lowest BCUT2D eigenvalue weighted by Crippen LogP contribution is -2.10. The molecule has 5 nitrogen and oxygen atoms in total. The zero-order valence-electron chi connectivity index (χ0n) is 12.1. The lowest BCUT2D eigenvalue weighted by Gasteiger charge is -2.12. The molecule has 0 radical (unpaired) electrons. The van der Waals surface area contributed by atoms with Gasteiger partial charge in [0.1, 0.15) is 6.10 Å². The molecular formula is C17H15N3O2. The summed E-state index contributed by atoms with van der Waals surface area (Å²) in [6.45, 7) is 1.81. The van der Waals surface area contributed by atoms with Crippen LogP contribution in [0.5, 0.6) is 0 Å². The van der Waals surface area contributed by atoms with Gasteiger partial charge in [-0.25, -0.2) is 9.78 Å². The van der Waals surface area contributed by atoms with Crippen LogP contribution in [0, 0.1) is 0 Å². The fourth-order valence-electron chi connectivity index (χ4n) is 2.09. The van der Waals surface area contributed by atoms with Crippen LogP contribution in [0.2, 0.25) is 0 Å². The van der Waals surface area contributed by atoms with E-state index in [2.05, 4.69) is 9.97 Å². The molecule has 0 saturated carbocycles. The van der Waals surface area contributed by atoms with Gasteiger partial charge in [0.2, 0.25) is 0 Å². The summed E-state index contributed by atoms with van der Waals surface area (Å²) in [7, 11) is 0. The molecule has 0 spiro atoms. The Labute approximate surface area is 128 Å². The van der Waals surface area contributed by atoms with Gasteiger partial charge in [-0.05, 0) is 43.3 Å². The summed E-state index contributed by atoms with van der Waals surface area (Å²) in [5, 5.41) is 0. The normalized spacial score (nSPS) is 11.9. The highest BCUT2D eigenvalue weighted by atomic mass is 16.5. The van der Waals surface area contributed by atoms with Crippen molar-refractivity contribution in [2.45, 2.75) is 13.0 Å². The number of pyridine rings is 1. The average Bonchev–Trinajstić information content (AvgIpc) is 3.10. The van der Waals surface area contributed by atoms with E-state index in [1.807, 2.05) is 41.1 Å². The summed E-state index contributed by atoms with van der Waals surface area (Å²) in [6.07, 6.45) is 6.55. The predicted octanol–water partition coefficient (Wildman–Crippen LogP) is 3.19. The number of nitrogens with zero attached hydrogens (tertiary/aromatic N) is 3. The molecule has 3 aromatic rings. The van der Waals surface area contributed by atoms with E-state index in [4.69, 9.17) is 4.74 Å². The van der Waals surface area contributed by atoms with E-state index >= 15 is 0 Å². The summed E-state index contributed by atoms with van der Waals surface area (Å²) in [6, 6.07) is 12.7. The maximum atomic E-state index is 12.2. The maximum absolute atomic E-state index is 12.2. The van der Waals surface area contributed by atoms with E-state index in [-0.39, 0.29) is 12.1 Å². The summed E-state index contributed by atoms with van der Waals surface area (Å²) in [5.74, 6) is -0.365. The van der Waals surface area contributed by atoms with Crippen LogP contribution in [0.1, 0.15) is 29.1 Å². The van der Waals surface area contributed by atoms with E-state index in [9.17, 15) is 4.79 Å². The third-order valence-electron chi connectivity index (χ3n) is 3.29. The molecule has 0 amide bonds. The number of carbonyl (C=O) groups excluding carboxylic acids is 1. The van der Waals surface area contributed by atoms with Crippen molar-refractivity contribution in [2.24, 2.45) is 0 Å². The molecule has 0 bridgehead atoms. The van der Waals surface area contributed by atoms with Crippen LogP contribution in [0.4, 0.5) is 0 Å². The number of imidazole rings is 1. The first-order valence-electron chi connectivity index (χ1n) is 6.94. The topological polar surface area (TPSA) is 57.0 Å². The molecule has 2 aromatic heterocycles. The molecule has 110 valence electrons. The van der Waals surface area contributed by atoms with Crippen molar-refractivity contribution in [1.29, 1.82) is 0 Å². The third kappa shape index (κ3) is 3.03. The summed E-state index contributed by atoms with van der Waals surface area (Å²) >= 11 is 0. The molecule has 1 atom stereocenters. The van der Waals surface area contributed by atoms with Crippen LogP contribution in [0.3, 0.4) is 0 Å². The smallest absolute Gasteiger partial charge is 0.338 e. The summed E-state index contributed by atoms with van der Waals surface area (Å²) in [4.78, 5) is 20.3. The van der Waals surface area contributed by atoms with Gasteiger partial charge >= 0.3 is 5.97 Å². The third-order valence-corrected chi connectivity index (χ3v) is 3.29. The van der Waals surface area contributed by atoms with Crippen molar-refractivity contribution in [3.63, 3.8) is 0 Å². The zero-order valence-corrected chi connectivity index (χ0v) is 12.1. The maximum Gasteiger partial charge on any atom is 0.338 e. The van der Waals surface area contributed by atoms with Crippen LogP contribution < -0.4 is 0 Å². The van der Waals surface area contributed by atoms with Crippen molar-refractivity contribution in [3.8, 4) is 5.69 Å². The molecule has 0 fully saturated rings. The summed E-state index contributed by atoms with van der Waals surface area (Å²) < 4.78 is 7.30. The molecule has 1 aromatic carbocycles. The van der Waals surface area contributed by atoms with Gasteiger partial charge in [0.25, 0.3) is 0 Å². The fraction of sp³-hybridized carbons (Fsp3) is 0.118. The van der Waals surface area contributed by atoms with Crippen LogP contribution in [-0.2, 0) is 4.74 Å². The molecule has 2 heterocycles. The Bertz CT molecular complexity index is 737. The van der Waals surface area contributed by atoms with Gasteiger partial charge in [-0.3, -0.25) is 4.98 Å². The Kier molecular flexibility index (Phi) is 3.96. The quantitative estimate of drug-likeness (QED) is 0.693. The number of carbonyl (C=O) groups is 1. The monoisotopic (exact) mass is 293 g/mol. The van der Waals surface area contributed by atoms with Gasteiger partial charge in [-0.1, -0.05) is 6.07 Å². The van der Waals surface area contributed by atoms with E-state index in [0.717, 1.165) is 11.4 Å². The Morgan fingerprint density at radius 3 is 2.59 bits per heavy atom.